The summed E-state index contributed by atoms with van der Waals surface area (Å²) in [6.45, 7) is 7.38. The van der Waals surface area contributed by atoms with Gasteiger partial charge in [-0.05, 0) is 55.5 Å². The molecule has 3 aromatic rings. The van der Waals surface area contributed by atoms with Gasteiger partial charge in [-0.2, -0.15) is 0 Å². The molecule has 7 heteroatoms. The van der Waals surface area contributed by atoms with Crippen LogP contribution in [0.2, 0.25) is 0 Å². The number of aryl methyl sites for hydroxylation is 1. The van der Waals surface area contributed by atoms with Crippen molar-refractivity contribution in [2.75, 3.05) is 10.8 Å². The average molecular weight is 483 g/mol. The molecular weight excluding hydrogens is 451 g/mol. The molecular formula is C27H31FN2O3S. The molecule has 0 saturated carbocycles. The van der Waals surface area contributed by atoms with Crippen LogP contribution in [0.3, 0.4) is 0 Å². The largest absolute Gasteiger partial charge is 0.352 e. The van der Waals surface area contributed by atoms with Crippen molar-refractivity contribution < 1.29 is 17.6 Å². The minimum absolute atomic E-state index is 0.00703. The number of nitrogens with zero attached hydrogens (tertiary/aromatic N) is 1. The van der Waals surface area contributed by atoms with E-state index in [1.807, 2.05) is 44.2 Å². The summed E-state index contributed by atoms with van der Waals surface area (Å²) >= 11 is 0. The monoisotopic (exact) mass is 482 g/mol. The van der Waals surface area contributed by atoms with Crippen LogP contribution >= 0.6 is 0 Å². The highest BCUT2D eigenvalue weighted by atomic mass is 32.2. The van der Waals surface area contributed by atoms with Gasteiger partial charge in [-0.3, -0.25) is 9.10 Å². The van der Waals surface area contributed by atoms with Crippen LogP contribution < -0.4 is 9.62 Å². The molecule has 0 aliphatic carbocycles. The summed E-state index contributed by atoms with van der Waals surface area (Å²) in [5.41, 5.74) is 1.66. The smallest absolute Gasteiger partial charge is 0.264 e. The van der Waals surface area contributed by atoms with Crippen LogP contribution in [0.25, 0.3) is 0 Å². The van der Waals surface area contributed by atoms with Crippen LogP contribution in [0.15, 0.2) is 83.8 Å². The number of nitrogens with one attached hydrogen (secondary N) is 1. The predicted molar refractivity (Wildman–Crippen MR) is 134 cm³/mol. The van der Waals surface area contributed by atoms with Crippen LogP contribution in [-0.2, 0) is 20.2 Å². The molecule has 0 fully saturated rings. The number of hydrogen-bond donors (Lipinski definition) is 1. The lowest BCUT2D eigenvalue weighted by Gasteiger charge is -2.30. The Morgan fingerprint density at radius 1 is 0.971 bits per heavy atom. The standard InChI is InChI=1S/C27H31FN2O3S/c1-20-14-16-23(17-15-20)34(32,33)30(25-13-9-8-12-24(25)28)19-26(31)29-21(2)18-27(3,4)22-10-6-5-7-11-22/h5-17,21H,18-19H2,1-4H3,(H,29,31). The summed E-state index contributed by atoms with van der Waals surface area (Å²) in [4.78, 5) is 13.0. The molecule has 0 aliphatic heterocycles. The van der Waals surface area contributed by atoms with Crippen molar-refractivity contribution in [3.8, 4) is 0 Å². The zero-order valence-corrected chi connectivity index (χ0v) is 20.8. The van der Waals surface area contributed by atoms with E-state index < -0.39 is 28.3 Å². The van der Waals surface area contributed by atoms with Gasteiger partial charge in [0.25, 0.3) is 10.0 Å². The van der Waals surface area contributed by atoms with Crippen molar-refractivity contribution in [3.05, 3.63) is 95.8 Å². The molecule has 5 nitrogen and oxygen atoms in total. The van der Waals surface area contributed by atoms with Crippen LogP contribution in [0.4, 0.5) is 10.1 Å². The minimum atomic E-state index is -4.17. The molecule has 0 saturated heterocycles. The fraction of sp³-hybridized carbons (Fsp3) is 0.296. The Hall–Kier alpha value is -3.19. The molecule has 3 rings (SSSR count). The second kappa shape index (κ2) is 10.4. The molecule has 0 aromatic heterocycles. The van der Waals surface area contributed by atoms with E-state index in [1.54, 1.807) is 18.2 Å². The number of rotatable bonds is 9. The van der Waals surface area contributed by atoms with Gasteiger partial charge in [-0.25, -0.2) is 12.8 Å². The Balaban J connectivity index is 1.82. The molecule has 0 heterocycles. The topological polar surface area (TPSA) is 66.5 Å². The molecule has 0 bridgehead atoms. The van der Waals surface area contributed by atoms with E-state index in [9.17, 15) is 17.6 Å². The van der Waals surface area contributed by atoms with Gasteiger partial charge in [0.1, 0.15) is 12.4 Å². The van der Waals surface area contributed by atoms with E-state index in [0.717, 1.165) is 15.4 Å². The fourth-order valence-corrected chi connectivity index (χ4v) is 5.49. The van der Waals surface area contributed by atoms with Crippen LogP contribution in [-0.4, -0.2) is 26.9 Å². The van der Waals surface area contributed by atoms with Crippen LogP contribution in [0.1, 0.15) is 38.3 Å². The van der Waals surface area contributed by atoms with Crippen molar-refractivity contribution in [1.82, 2.24) is 5.32 Å². The van der Waals surface area contributed by atoms with Gasteiger partial charge in [0.05, 0.1) is 10.6 Å². The molecule has 1 amide bonds. The number of sulfonamides is 1. The van der Waals surface area contributed by atoms with E-state index in [4.69, 9.17) is 0 Å². The highest BCUT2D eigenvalue weighted by Crippen LogP contribution is 2.29. The molecule has 0 aliphatic rings. The lowest BCUT2D eigenvalue weighted by molar-refractivity contribution is -0.120. The molecule has 3 aromatic carbocycles. The average Bonchev–Trinajstić information content (AvgIpc) is 2.78. The number of hydrogen-bond acceptors (Lipinski definition) is 3. The number of para-hydroxylation sites is 1. The summed E-state index contributed by atoms with van der Waals surface area (Å²) in [6, 6.07) is 21.6. The number of halogens is 1. The number of amides is 1. The number of benzene rings is 3. The number of anilines is 1. The molecule has 34 heavy (non-hydrogen) atoms. The maximum Gasteiger partial charge on any atom is 0.264 e. The SMILES string of the molecule is Cc1ccc(S(=O)(=O)N(CC(=O)NC(C)CC(C)(C)c2ccccc2)c2ccccc2F)cc1. The lowest BCUT2D eigenvalue weighted by Crippen LogP contribution is -2.45. The first kappa shape index (κ1) is 25.4. The first-order chi connectivity index (χ1) is 16.0. The van der Waals surface area contributed by atoms with E-state index in [2.05, 4.69) is 19.2 Å². The van der Waals surface area contributed by atoms with E-state index >= 15 is 0 Å². The summed E-state index contributed by atoms with van der Waals surface area (Å²) in [7, 11) is -4.17. The Bertz CT molecular complexity index is 1230. The van der Waals surface area contributed by atoms with Crippen LogP contribution in [0.5, 0.6) is 0 Å². The van der Waals surface area contributed by atoms with Crippen molar-refractivity contribution in [3.63, 3.8) is 0 Å². The van der Waals surface area contributed by atoms with Gasteiger partial charge in [0.2, 0.25) is 5.91 Å². The molecule has 0 radical (unpaired) electrons. The van der Waals surface area contributed by atoms with Gasteiger partial charge in [0.15, 0.2) is 0 Å². The lowest BCUT2D eigenvalue weighted by atomic mass is 9.79. The van der Waals surface area contributed by atoms with Gasteiger partial charge < -0.3 is 5.32 Å². The second-order valence-corrected chi connectivity index (χ2v) is 11.1. The third-order valence-electron chi connectivity index (χ3n) is 5.80. The molecule has 1 unspecified atom stereocenters. The zero-order valence-electron chi connectivity index (χ0n) is 20.0. The highest BCUT2D eigenvalue weighted by Gasteiger charge is 2.30. The summed E-state index contributed by atoms with van der Waals surface area (Å²) in [5.74, 6) is -1.22. The fourth-order valence-electron chi connectivity index (χ4n) is 4.07. The first-order valence-electron chi connectivity index (χ1n) is 11.2. The third-order valence-corrected chi connectivity index (χ3v) is 7.57. The zero-order chi connectivity index (χ0) is 24.9. The van der Waals surface area contributed by atoms with Gasteiger partial charge >= 0.3 is 0 Å². The third kappa shape index (κ3) is 6.03. The molecule has 0 spiro atoms. The predicted octanol–water partition coefficient (Wildman–Crippen LogP) is 5.20. The van der Waals surface area contributed by atoms with Crippen molar-refractivity contribution in [2.24, 2.45) is 0 Å². The Kier molecular flexibility index (Phi) is 7.77. The number of carbonyl (C=O) groups is 1. The quantitative estimate of drug-likeness (QED) is 0.456. The van der Waals surface area contributed by atoms with Crippen molar-refractivity contribution in [1.29, 1.82) is 0 Å². The summed E-state index contributed by atoms with van der Waals surface area (Å²) < 4.78 is 42.3. The Labute approximate surface area is 201 Å². The summed E-state index contributed by atoms with van der Waals surface area (Å²) in [6.07, 6.45) is 0.646. The van der Waals surface area contributed by atoms with E-state index in [1.165, 1.54) is 30.3 Å². The molecule has 1 atom stereocenters. The van der Waals surface area contributed by atoms with Gasteiger partial charge in [-0.1, -0.05) is 74.0 Å². The van der Waals surface area contributed by atoms with Crippen molar-refractivity contribution in [2.45, 2.75) is 50.5 Å². The Morgan fingerprint density at radius 3 is 2.18 bits per heavy atom. The minimum Gasteiger partial charge on any atom is -0.352 e. The normalized spacial score (nSPS) is 12.7. The molecule has 1 N–H and O–H groups in total. The van der Waals surface area contributed by atoms with Gasteiger partial charge in [0, 0.05) is 6.04 Å². The maximum absolute atomic E-state index is 14.6. The molecule has 180 valence electrons. The maximum atomic E-state index is 14.6. The van der Waals surface area contributed by atoms with E-state index in [0.29, 0.717) is 6.42 Å². The van der Waals surface area contributed by atoms with Crippen molar-refractivity contribution >= 4 is 21.6 Å². The van der Waals surface area contributed by atoms with E-state index in [-0.39, 0.29) is 22.0 Å². The van der Waals surface area contributed by atoms with Crippen LogP contribution in [0, 0.1) is 12.7 Å². The highest BCUT2D eigenvalue weighted by molar-refractivity contribution is 7.92. The van der Waals surface area contributed by atoms with Gasteiger partial charge in [-0.15, -0.1) is 0 Å². The number of carbonyl (C=O) groups excluding carboxylic acids is 1. The second-order valence-electron chi connectivity index (χ2n) is 9.20. The summed E-state index contributed by atoms with van der Waals surface area (Å²) in [5, 5.41) is 2.89. The first-order valence-corrected chi connectivity index (χ1v) is 12.6. The Morgan fingerprint density at radius 2 is 1.56 bits per heavy atom.